The van der Waals surface area contributed by atoms with Crippen LogP contribution in [0.2, 0.25) is 5.15 Å². The lowest BCUT2D eigenvalue weighted by molar-refractivity contribution is 0.0524. The summed E-state index contributed by atoms with van der Waals surface area (Å²) in [5.74, 6) is -0.427. The van der Waals surface area contributed by atoms with E-state index >= 15 is 0 Å². The molecule has 1 aromatic heterocycles. The van der Waals surface area contributed by atoms with Crippen LogP contribution in [0.5, 0.6) is 0 Å². The molecule has 0 radical (unpaired) electrons. The van der Waals surface area contributed by atoms with Gasteiger partial charge in [-0.15, -0.1) is 10.2 Å². The van der Waals surface area contributed by atoms with Crippen molar-refractivity contribution in [1.82, 2.24) is 10.2 Å². The lowest BCUT2D eigenvalue weighted by Crippen LogP contribution is -2.08. The van der Waals surface area contributed by atoms with Gasteiger partial charge in [0.25, 0.3) is 0 Å². The smallest absolute Gasteiger partial charge is 0.340 e. The Bertz CT molecular complexity index is 332. The molecule has 0 aliphatic heterocycles. The summed E-state index contributed by atoms with van der Waals surface area (Å²) in [5, 5.41) is 7.45. The second-order valence-corrected chi connectivity index (χ2v) is 3.50. The van der Waals surface area contributed by atoms with Gasteiger partial charge in [0.1, 0.15) is 3.70 Å². The van der Waals surface area contributed by atoms with Gasteiger partial charge in [-0.05, 0) is 35.6 Å². The highest BCUT2D eigenvalue weighted by Gasteiger charge is 2.13. The molecule has 0 saturated carbocycles. The van der Waals surface area contributed by atoms with Crippen LogP contribution in [0.15, 0.2) is 6.07 Å². The molecule has 0 aromatic carbocycles. The number of nitrogens with zero attached hydrogens (tertiary/aromatic N) is 2. The molecule has 1 aromatic rings. The molecule has 0 atom stereocenters. The molecule has 6 heteroatoms. The Hall–Kier alpha value is -0.430. The van der Waals surface area contributed by atoms with Crippen LogP contribution in [0.4, 0.5) is 0 Å². The Balaban J connectivity index is 2.99. The minimum atomic E-state index is -0.427. The third kappa shape index (κ3) is 2.77. The lowest BCUT2D eigenvalue weighted by Gasteiger charge is -2.02. The zero-order valence-electron chi connectivity index (χ0n) is 6.75. The quantitative estimate of drug-likeness (QED) is 0.618. The van der Waals surface area contributed by atoms with E-state index in [1.807, 2.05) is 22.6 Å². The molecule has 0 unspecified atom stereocenters. The van der Waals surface area contributed by atoms with Crippen molar-refractivity contribution in [2.45, 2.75) is 6.92 Å². The van der Waals surface area contributed by atoms with Crippen molar-refractivity contribution in [3.8, 4) is 0 Å². The lowest BCUT2D eigenvalue weighted by atomic mass is 10.3. The summed E-state index contributed by atoms with van der Waals surface area (Å²) in [6, 6.07) is 1.44. The van der Waals surface area contributed by atoms with Gasteiger partial charge in [-0.1, -0.05) is 11.6 Å². The number of aromatic nitrogens is 2. The van der Waals surface area contributed by atoms with E-state index in [0.29, 0.717) is 15.9 Å². The monoisotopic (exact) mass is 312 g/mol. The van der Waals surface area contributed by atoms with Crippen LogP contribution in [0.3, 0.4) is 0 Å². The number of esters is 1. The van der Waals surface area contributed by atoms with Crippen LogP contribution >= 0.6 is 34.2 Å². The number of carbonyl (C=O) groups is 1. The van der Waals surface area contributed by atoms with Crippen LogP contribution in [0.1, 0.15) is 17.3 Å². The fourth-order valence-corrected chi connectivity index (χ4v) is 1.34. The second kappa shape index (κ2) is 4.71. The highest BCUT2D eigenvalue weighted by Crippen LogP contribution is 2.13. The largest absolute Gasteiger partial charge is 0.462 e. The van der Waals surface area contributed by atoms with Gasteiger partial charge in [0.2, 0.25) is 0 Å². The first-order valence-electron chi connectivity index (χ1n) is 3.51. The molecule has 0 spiro atoms. The summed E-state index contributed by atoms with van der Waals surface area (Å²) in [5.41, 5.74) is 0.349. The van der Waals surface area contributed by atoms with Crippen molar-refractivity contribution in [3.05, 3.63) is 20.5 Å². The minimum absolute atomic E-state index is 0.184. The van der Waals surface area contributed by atoms with Gasteiger partial charge in [0.05, 0.1) is 12.2 Å². The Labute approximate surface area is 93.8 Å². The van der Waals surface area contributed by atoms with E-state index in [9.17, 15) is 4.79 Å². The molecular formula is C7H6ClIN2O2. The van der Waals surface area contributed by atoms with E-state index < -0.39 is 5.97 Å². The maximum Gasteiger partial charge on any atom is 0.340 e. The summed E-state index contributed by atoms with van der Waals surface area (Å²) in [7, 11) is 0. The third-order valence-corrected chi connectivity index (χ3v) is 2.20. The SMILES string of the molecule is CCOC(=O)c1cc(Cl)nnc1I. The van der Waals surface area contributed by atoms with Crippen LogP contribution < -0.4 is 0 Å². The van der Waals surface area contributed by atoms with Crippen LogP contribution in [0, 0.1) is 3.70 Å². The highest BCUT2D eigenvalue weighted by atomic mass is 127. The molecule has 1 rings (SSSR count). The Kier molecular flexibility index (Phi) is 3.86. The summed E-state index contributed by atoms with van der Waals surface area (Å²) < 4.78 is 5.28. The first-order chi connectivity index (χ1) is 6.15. The molecule has 1 heterocycles. The Morgan fingerprint density at radius 1 is 1.69 bits per heavy atom. The number of rotatable bonds is 2. The molecule has 0 aliphatic rings. The van der Waals surface area contributed by atoms with Crippen molar-refractivity contribution in [3.63, 3.8) is 0 Å². The molecule has 13 heavy (non-hydrogen) atoms. The van der Waals surface area contributed by atoms with Crippen molar-refractivity contribution in [2.75, 3.05) is 6.61 Å². The van der Waals surface area contributed by atoms with Crippen LogP contribution in [-0.2, 0) is 4.74 Å². The van der Waals surface area contributed by atoms with E-state index in [1.165, 1.54) is 6.07 Å². The molecule has 0 amide bonds. The van der Waals surface area contributed by atoms with Crippen molar-refractivity contribution in [1.29, 1.82) is 0 Å². The number of hydrogen-bond acceptors (Lipinski definition) is 4. The standard InChI is InChI=1S/C7H6ClIN2O2/c1-2-13-7(12)4-3-5(8)10-11-6(4)9/h3H,2H2,1H3. The zero-order chi connectivity index (χ0) is 9.84. The molecule has 0 aliphatic carbocycles. The van der Waals surface area contributed by atoms with Gasteiger partial charge >= 0.3 is 5.97 Å². The molecule has 4 nitrogen and oxygen atoms in total. The van der Waals surface area contributed by atoms with E-state index in [4.69, 9.17) is 16.3 Å². The molecule has 0 fully saturated rings. The van der Waals surface area contributed by atoms with Crippen molar-refractivity contribution >= 4 is 40.2 Å². The van der Waals surface area contributed by atoms with Gasteiger partial charge in [-0.3, -0.25) is 0 Å². The summed E-state index contributed by atoms with van der Waals surface area (Å²) in [4.78, 5) is 11.3. The minimum Gasteiger partial charge on any atom is -0.462 e. The average molecular weight is 312 g/mol. The zero-order valence-corrected chi connectivity index (χ0v) is 9.66. The van der Waals surface area contributed by atoms with E-state index in [-0.39, 0.29) is 5.15 Å². The average Bonchev–Trinajstić information content (AvgIpc) is 2.09. The number of carbonyl (C=O) groups excluding carboxylic acids is 1. The maximum atomic E-state index is 11.3. The first kappa shape index (κ1) is 10.6. The topological polar surface area (TPSA) is 52.1 Å². The number of hydrogen-bond donors (Lipinski definition) is 0. The highest BCUT2D eigenvalue weighted by molar-refractivity contribution is 14.1. The van der Waals surface area contributed by atoms with E-state index in [2.05, 4.69) is 10.2 Å². The van der Waals surface area contributed by atoms with Gasteiger partial charge in [0.15, 0.2) is 5.15 Å². The molecule has 0 saturated heterocycles. The maximum absolute atomic E-state index is 11.3. The Morgan fingerprint density at radius 2 is 2.38 bits per heavy atom. The third-order valence-electron chi connectivity index (χ3n) is 1.21. The Morgan fingerprint density at radius 3 is 3.00 bits per heavy atom. The van der Waals surface area contributed by atoms with Gasteiger partial charge < -0.3 is 4.74 Å². The summed E-state index contributed by atoms with van der Waals surface area (Å²) in [6.45, 7) is 2.07. The van der Waals surface area contributed by atoms with E-state index in [0.717, 1.165) is 0 Å². The van der Waals surface area contributed by atoms with Crippen LogP contribution in [-0.4, -0.2) is 22.8 Å². The molecule has 0 N–H and O–H groups in total. The van der Waals surface area contributed by atoms with Gasteiger partial charge in [-0.2, -0.15) is 0 Å². The van der Waals surface area contributed by atoms with Gasteiger partial charge in [-0.25, -0.2) is 4.79 Å². The predicted molar refractivity (Wildman–Crippen MR) is 55.7 cm³/mol. The van der Waals surface area contributed by atoms with E-state index in [1.54, 1.807) is 6.92 Å². The molecule has 70 valence electrons. The molecule has 0 bridgehead atoms. The second-order valence-electron chi connectivity index (χ2n) is 2.09. The van der Waals surface area contributed by atoms with Crippen LogP contribution in [0.25, 0.3) is 0 Å². The summed E-state index contributed by atoms with van der Waals surface area (Å²) >= 11 is 7.48. The number of ether oxygens (including phenoxy) is 1. The number of halogens is 2. The predicted octanol–water partition coefficient (Wildman–Crippen LogP) is 1.91. The van der Waals surface area contributed by atoms with Crippen molar-refractivity contribution in [2.24, 2.45) is 0 Å². The fraction of sp³-hybridized carbons (Fsp3) is 0.286. The van der Waals surface area contributed by atoms with Gasteiger partial charge in [0, 0.05) is 0 Å². The van der Waals surface area contributed by atoms with Crippen molar-refractivity contribution < 1.29 is 9.53 Å². The molecular weight excluding hydrogens is 306 g/mol. The first-order valence-corrected chi connectivity index (χ1v) is 4.96. The fourth-order valence-electron chi connectivity index (χ4n) is 0.705. The summed E-state index contributed by atoms with van der Waals surface area (Å²) in [6.07, 6.45) is 0. The normalized spacial score (nSPS) is 9.77.